The van der Waals surface area contributed by atoms with Gasteiger partial charge in [0, 0.05) is 29.9 Å². The van der Waals surface area contributed by atoms with Gasteiger partial charge in [0.05, 0.1) is 12.5 Å². The van der Waals surface area contributed by atoms with Crippen LogP contribution in [0, 0.1) is 0 Å². The first-order valence-corrected chi connectivity index (χ1v) is 12.4. The van der Waals surface area contributed by atoms with Gasteiger partial charge in [-0.3, -0.25) is 24.0 Å². The molecule has 0 saturated carbocycles. The highest BCUT2D eigenvalue weighted by molar-refractivity contribution is 5.95. The molecular weight excluding hydrogens is 520 g/mol. The molecule has 0 fully saturated rings. The van der Waals surface area contributed by atoms with E-state index in [1.165, 1.54) is 19.1 Å². The van der Waals surface area contributed by atoms with Crippen molar-refractivity contribution in [3.05, 3.63) is 65.9 Å². The normalized spacial score (nSPS) is 13.9. The Morgan fingerprint density at radius 1 is 0.875 bits per heavy atom. The summed E-state index contributed by atoms with van der Waals surface area (Å²) >= 11 is 0. The zero-order valence-corrected chi connectivity index (χ0v) is 21.7. The molecule has 10 N–H and O–H groups in total. The molecule has 2 aromatic carbocycles. The molecule has 3 aromatic rings. The van der Waals surface area contributed by atoms with Crippen molar-refractivity contribution in [3.63, 3.8) is 0 Å². The van der Waals surface area contributed by atoms with Gasteiger partial charge < -0.3 is 42.6 Å². The predicted molar refractivity (Wildman–Crippen MR) is 145 cm³/mol. The minimum Gasteiger partial charge on any atom is -0.508 e. The van der Waals surface area contributed by atoms with Gasteiger partial charge in [0.15, 0.2) is 0 Å². The Labute approximate surface area is 229 Å². The molecule has 1 aromatic heterocycles. The van der Waals surface area contributed by atoms with E-state index >= 15 is 0 Å². The lowest BCUT2D eigenvalue weighted by molar-refractivity contribution is -0.141. The molecule has 4 unspecified atom stereocenters. The number of fused-ring (bicyclic) bond motifs is 1. The second-order valence-electron chi connectivity index (χ2n) is 9.40. The number of phenolic OH excluding ortho intramolecular Hbond substituents is 1. The van der Waals surface area contributed by atoms with E-state index in [9.17, 15) is 34.2 Å². The quantitative estimate of drug-likeness (QED) is 0.136. The van der Waals surface area contributed by atoms with Crippen LogP contribution in [0.3, 0.4) is 0 Å². The molecule has 4 amide bonds. The number of para-hydroxylation sites is 1. The lowest BCUT2D eigenvalue weighted by atomic mass is 10.0. The summed E-state index contributed by atoms with van der Waals surface area (Å²) in [5.74, 6) is -4.36. The number of aromatic nitrogens is 1. The van der Waals surface area contributed by atoms with E-state index < -0.39 is 60.2 Å². The second-order valence-corrected chi connectivity index (χ2v) is 9.40. The van der Waals surface area contributed by atoms with Gasteiger partial charge in [-0.15, -0.1) is 0 Å². The molecule has 0 spiro atoms. The molecule has 0 radical (unpaired) electrons. The van der Waals surface area contributed by atoms with Crippen LogP contribution in [0.4, 0.5) is 0 Å². The molecular formula is C27H32N6O7. The predicted octanol–water partition coefficient (Wildman–Crippen LogP) is -0.580. The average Bonchev–Trinajstić information content (AvgIpc) is 3.31. The maximum absolute atomic E-state index is 13.5. The lowest BCUT2D eigenvalue weighted by Gasteiger charge is -2.25. The number of primary amides is 1. The molecule has 0 aliphatic rings. The number of amides is 4. The Hall–Kier alpha value is -4.91. The largest absolute Gasteiger partial charge is 0.508 e. The van der Waals surface area contributed by atoms with Crippen LogP contribution in [-0.4, -0.2) is 69.0 Å². The molecule has 13 nitrogen and oxygen atoms in total. The highest BCUT2D eigenvalue weighted by atomic mass is 16.4. The van der Waals surface area contributed by atoms with Gasteiger partial charge in [-0.1, -0.05) is 30.3 Å². The van der Waals surface area contributed by atoms with Crippen LogP contribution in [0.5, 0.6) is 5.75 Å². The molecule has 3 rings (SSSR count). The van der Waals surface area contributed by atoms with E-state index in [-0.39, 0.29) is 18.6 Å². The third-order valence-electron chi connectivity index (χ3n) is 6.23. The van der Waals surface area contributed by atoms with Crippen molar-refractivity contribution < 1.29 is 34.2 Å². The van der Waals surface area contributed by atoms with Crippen LogP contribution < -0.4 is 27.4 Å². The average molecular weight is 553 g/mol. The van der Waals surface area contributed by atoms with Gasteiger partial charge in [0.1, 0.15) is 23.9 Å². The van der Waals surface area contributed by atoms with Gasteiger partial charge in [0.25, 0.3) is 0 Å². The third kappa shape index (κ3) is 8.04. The number of hydrogen-bond donors (Lipinski definition) is 8. The Morgan fingerprint density at radius 2 is 1.48 bits per heavy atom. The van der Waals surface area contributed by atoms with E-state index in [0.29, 0.717) is 11.1 Å². The number of nitrogens with one attached hydrogen (secondary N) is 4. The molecule has 212 valence electrons. The van der Waals surface area contributed by atoms with E-state index in [2.05, 4.69) is 20.9 Å². The lowest BCUT2D eigenvalue weighted by Crippen LogP contribution is -2.58. The summed E-state index contributed by atoms with van der Waals surface area (Å²) < 4.78 is 0. The fourth-order valence-electron chi connectivity index (χ4n) is 4.04. The Balaban J connectivity index is 1.88. The fraction of sp³-hybridized carbons (Fsp3) is 0.296. The molecule has 13 heteroatoms. The second kappa shape index (κ2) is 13.2. The molecule has 0 aliphatic heterocycles. The fourth-order valence-corrected chi connectivity index (χ4v) is 4.04. The van der Waals surface area contributed by atoms with Crippen LogP contribution in [0.1, 0.15) is 24.5 Å². The van der Waals surface area contributed by atoms with Crippen molar-refractivity contribution in [2.75, 3.05) is 0 Å². The number of aliphatic carboxylic acids is 1. The Kier molecular flexibility index (Phi) is 9.81. The number of benzene rings is 2. The number of rotatable bonds is 13. The third-order valence-corrected chi connectivity index (χ3v) is 6.23. The molecule has 0 bridgehead atoms. The molecule has 1 heterocycles. The zero-order valence-electron chi connectivity index (χ0n) is 21.7. The van der Waals surface area contributed by atoms with Crippen LogP contribution in [0.25, 0.3) is 10.9 Å². The summed E-state index contributed by atoms with van der Waals surface area (Å²) in [6, 6.07) is 8.26. The van der Waals surface area contributed by atoms with Gasteiger partial charge in [0.2, 0.25) is 23.6 Å². The van der Waals surface area contributed by atoms with Crippen molar-refractivity contribution in [2.24, 2.45) is 11.5 Å². The van der Waals surface area contributed by atoms with E-state index in [0.717, 1.165) is 10.9 Å². The molecule has 4 atom stereocenters. The number of carboxylic acid groups (broad SMARTS) is 1. The first-order chi connectivity index (χ1) is 18.9. The highest BCUT2D eigenvalue weighted by Crippen LogP contribution is 2.19. The van der Waals surface area contributed by atoms with Crippen molar-refractivity contribution in [2.45, 2.75) is 50.4 Å². The van der Waals surface area contributed by atoms with Crippen LogP contribution in [-0.2, 0) is 36.8 Å². The number of hydrogen-bond acceptors (Lipinski definition) is 7. The van der Waals surface area contributed by atoms with Crippen molar-refractivity contribution in [1.82, 2.24) is 20.9 Å². The van der Waals surface area contributed by atoms with Crippen LogP contribution in [0.15, 0.2) is 54.7 Å². The highest BCUT2D eigenvalue weighted by Gasteiger charge is 2.30. The number of aromatic hydroxyl groups is 1. The summed E-state index contributed by atoms with van der Waals surface area (Å²) in [6.07, 6.45) is 1.21. The maximum Gasteiger partial charge on any atom is 0.325 e. The van der Waals surface area contributed by atoms with E-state index in [4.69, 9.17) is 11.5 Å². The summed E-state index contributed by atoms with van der Waals surface area (Å²) in [5, 5.41) is 27.2. The summed E-state index contributed by atoms with van der Waals surface area (Å²) in [5.41, 5.74) is 13.0. The molecule has 0 saturated heterocycles. The minimum absolute atomic E-state index is 0.000261. The zero-order chi connectivity index (χ0) is 29.4. The molecule has 0 aliphatic carbocycles. The first-order valence-electron chi connectivity index (χ1n) is 12.4. The Morgan fingerprint density at radius 3 is 2.12 bits per heavy atom. The van der Waals surface area contributed by atoms with Crippen LogP contribution >= 0.6 is 0 Å². The Bertz CT molecular complexity index is 1390. The van der Waals surface area contributed by atoms with E-state index in [1.54, 1.807) is 18.3 Å². The van der Waals surface area contributed by atoms with Gasteiger partial charge >= 0.3 is 5.97 Å². The summed E-state index contributed by atoms with van der Waals surface area (Å²) in [7, 11) is 0. The summed E-state index contributed by atoms with van der Waals surface area (Å²) in [6.45, 7) is 1.29. The topological polar surface area (TPSA) is 230 Å². The van der Waals surface area contributed by atoms with Gasteiger partial charge in [-0.05, 0) is 36.2 Å². The van der Waals surface area contributed by atoms with E-state index in [1.807, 2.05) is 24.3 Å². The van der Waals surface area contributed by atoms with Crippen molar-refractivity contribution in [3.8, 4) is 5.75 Å². The summed E-state index contributed by atoms with van der Waals surface area (Å²) in [4.78, 5) is 65.0. The number of carbonyl (C=O) groups excluding carboxylic acids is 4. The van der Waals surface area contributed by atoms with Crippen LogP contribution in [0.2, 0.25) is 0 Å². The first kappa shape index (κ1) is 29.6. The standard InChI is InChI=1S/C27H32N6O7/c1-14(27(39)40)31-25(37)22(11-16-13-30-20-5-3-2-4-18(16)20)33-26(38)21(10-15-6-8-17(34)9-7-15)32-24(36)19(28)12-23(29)35/h2-9,13-14,19,21-22,30,34H,10-12,28H2,1H3,(H2,29,35)(H,31,37)(H,32,36)(H,33,38)(H,39,40). The smallest absolute Gasteiger partial charge is 0.325 e. The van der Waals surface area contributed by atoms with Crippen molar-refractivity contribution in [1.29, 1.82) is 0 Å². The monoisotopic (exact) mass is 552 g/mol. The van der Waals surface area contributed by atoms with Gasteiger partial charge in [-0.2, -0.15) is 0 Å². The number of carboxylic acids is 1. The SMILES string of the molecule is CC(NC(=O)C(Cc1c[nH]c2ccccc12)NC(=O)C(Cc1ccc(O)cc1)NC(=O)C(N)CC(N)=O)C(=O)O. The number of carbonyl (C=O) groups is 5. The molecule has 40 heavy (non-hydrogen) atoms. The number of phenols is 1. The number of aromatic amines is 1. The van der Waals surface area contributed by atoms with Crippen molar-refractivity contribution >= 4 is 40.5 Å². The number of nitrogens with two attached hydrogens (primary N) is 2. The van der Waals surface area contributed by atoms with Gasteiger partial charge in [-0.25, -0.2) is 0 Å². The maximum atomic E-state index is 13.5. The minimum atomic E-state index is -1.31. The number of H-pyrrole nitrogens is 1.